The number of carbonyl (C=O) groups excluding carboxylic acids is 1. The minimum Gasteiger partial charge on any atom is -0.300 e. The van der Waals surface area contributed by atoms with Crippen LogP contribution in [0.4, 0.5) is 0 Å². The Morgan fingerprint density at radius 2 is 1.20 bits per heavy atom. The summed E-state index contributed by atoms with van der Waals surface area (Å²) in [7, 11) is 0. The second-order valence-corrected chi connectivity index (χ2v) is 2.62. The Morgan fingerprint density at radius 3 is 1.30 bits per heavy atom. The van der Waals surface area contributed by atoms with E-state index in [0.717, 1.165) is 0 Å². The molecule has 0 aliphatic carbocycles. The highest BCUT2D eigenvalue weighted by Gasteiger charge is 1.75. The van der Waals surface area contributed by atoms with Gasteiger partial charge in [0.1, 0.15) is 5.78 Å². The molecular formula is C9H20O. The van der Waals surface area contributed by atoms with E-state index in [1.807, 2.05) is 0 Å². The van der Waals surface area contributed by atoms with Crippen LogP contribution in [0.2, 0.25) is 0 Å². The Balaban J connectivity index is 0. The van der Waals surface area contributed by atoms with E-state index in [2.05, 4.69) is 13.8 Å². The maximum Gasteiger partial charge on any atom is 0.126 e. The Morgan fingerprint density at radius 1 is 1.00 bits per heavy atom. The third kappa shape index (κ3) is 47.9. The van der Waals surface area contributed by atoms with Crippen LogP contribution in [0.5, 0.6) is 0 Å². The highest BCUT2D eigenvalue weighted by atomic mass is 16.1. The maximum absolute atomic E-state index is 9.44. The standard InChI is InChI=1S/C6H14.C3H6O/c1-3-5-6-4-2;1-3(2)4/h3-6H2,1-2H3;1-2H3. The maximum atomic E-state index is 9.44. The first kappa shape index (κ1) is 12.4. The van der Waals surface area contributed by atoms with E-state index in [1.54, 1.807) is 0 Å². The van der Waals surface area contributed by atoms with Crippen molar-refractivity contribution in [2.45, 2.75) is 53.4 Å². The van der Waals surface area contributed by atoms with Crippen molar-refractivity contribution in [2.24, 2.45) is 0 Å². The SMILES string of the molecule is CC(C)=O.CCCCCC. The molecule has 0 aliphatic rings. The van der Waals surface area contributed by atoms with Crippen molar-refractivity contribution < 1.29 is 4.79 Å². The molecule has 0 unspecified atom stereocenters. The number of carbonyl (C=O) groups is 1. The zero-order valence-corrected chi connectivity index (χ0v) is 7.74. The van der Waals surface area contributed by atoms with Gasteiger partial charge in [0.2, 0.25) is 0 Å². The Bertz CT molecular complexity index is 59.1. The summed E-state index contributed by atoms with van der Waals surface area (Å²) < 4.78 is 0. The summed E-state index contributed by atoms with van der Waals surface area (Å²) in [6.45, 7) is 7.52. The molecule has 0 aromatic rings. The second-order valence-electron chi connectivity index (χ2n) is 2.62. The monoisotopic (exact) mass is 144 g/mol. The largest absolute Gasteiger partial charge is 0.300 e. The molecule has 0 N–H and O–H groups in total. The summed E-state index contributed by atoms with van der Waals surface area (Å²) in [4.78, 5) is 9.44. The molecule has 1 heteroatoms. The lowest BCUT2D eigenvalue weighted by Crippen LogP contribution is -1.69. The van der Waals surface area contributed by atoms with Crippen molar-refractivity contribution in [3.05, 3.63) is 0 Å². The Hall–Kier alpha value is -0.330. The smallest absolute Gasteiger partial charge is 0.126 e. The molecular weight excluding hydrogens is 124 g/mol. The first-order valence-electron chi connectivity index (χ1n) is 4.12. The molecule has 0 radical (unpaired) electrons. The van der Waals surface area contributed by atoms with Crippen LogP contribution >= 0.6 is 0 Å². The third-order valence-corrected chi connectivity index (χ3v) is 0.957. The van der Waals surface area contributed by atoms with Gasteiger partial charge in [-0.1, -0.05) is 39.5 Å². The van der Waals surface area contributed by atoms with Crippen LogP contribution < -0.4 is 0 Å². The molecule has 0 aromatic heterocycles. The molecule has 0 aliphatic heterocycles. The summed E-state index contributed by atoms with van der Waals surface area (Å²) in [5.74, 6) is 0.167. The summed E-state index contributed by atoms with van der Waals surface area (Å²) in [5, 5.41) is 0. The van der Waals surface area contributed by atoms with Gasteiger partial charge in [0.05, 0.1) is 0 Å². The third-order valence-electron chi connectivity index (χ3n) is 0.957. The molecule has 0 amide bonds. The Labute approximate surface area is 64.8 Å². The lowest BCUT2D eigenvalue weighted by atomic mass is 10.2. The molecule has 0 bridgehead atoms. The van der Waals surface area contributed by atoms with Crippen molar-refractivity contribution in [1.82, 2.24) is 0 Å². The van der Waals surface area contributed by atoms with Crippen LogP contribution in [0.3, 0.4) is 0 Å². The highest BCUT2D eigenvalue weighted by Crippen LogP contribution is 1.95. The van der Waals surface area contributed by atoms with Crippen LogP contribution in [0.15, 0.2) is 0 Å². The quantitative estimate of drug-likeness (QED) is 0.556. The number of Topliss-reactive ketones (excluding diaryl/α,β-unsaturated/α-hetero) is 1. The highest BCUT2D eigenvalue weighted by molar-refractivity contribution is 5.72. The molecule has 0 fully saturated rings. The fourth-order valence-electron chi connectivity index (χ4n) is 0.500. The summed E-state index contributed by atoms with van der Waals surface area (Å²) in [6, 6.07) is 0. The molecule has 0 spiro atoms. The number of unbranched alkanes of at least 4 members (excludes halogenated alkanes) is 3. The van der Waals surface area contributed by atoms with Gasteiger partial charge in [-0.15, -0.1) is 0 Å². The summed E-state index contributed by atoms with van der Waals surface area (Å²) in [5.41, 5.74) is 0. The fourth-order valence-corrected chi connectivity index (χ4v) is 0.500. The molecule has 0 heterocycles. The Kier molecular flexibility index (Phi) is 14.2. The lowest BCUT2D eigenvalue weighted by molar-refractivity contribution is -0.114. The molecule has 0 atom stereocenters. The van der Waals surface area contributed by atoms with Gasteiger partial charge < -0.3 is 4.79 Å². The van der Waals surface area contributed by atoms with Crippen molar-refractivity contribution in [1.29, 1.82) is 0 Å². The van der Waals surface area contributed by atoms with Gasteiger partial charge in [-0.25, -0.2) is 0 Å². The average Bonchev–Trinajstić information content (AvgIpc) is 1.82. The topological polar surface area (TPSA) is 17.1 Å². The summed E-state index contributed by atoms with van der Waals surface area (Å²) >= 11 is 0. The van der Waals surface area contributed by atoms with Crippen LogP contribution in [-0.4, -0.2) is 5.78 Å². The zero-order valence-electron chi connectivity index (χ0n) is 7.74. The van der Waals surface area contributed by atoms with E-state index in [-0.39, 0.29) is 5.78 Å². The van der Waals surface area contributed by atoms with Crippen molar-refractivity contribution in [3.63, 3.8) is 0 Å². The zero-order chi connectivity index (χ0) is 8.41. The predicted molar refractivity (Wildman–Crippen MR) is 46.2 cm³/mol. The van der Waals surface area contributed by atoms with Crippen LogP contribution in [0.25, 0.3) is 0 Å². The van der Waals surface area contributed by atoms with Crippen LogP contribution in [0.1, 0.15) is 53.4 Å². The minimum absolute atomic E-state index is 0.167. The van der Waals surface area contributed by atoms with E-state index in [0.29, 0.717) is 0 Å². The number of hydrogen-bond acceptors (Lipinski definition) is 1. The number of ketones is 1. The molecule has 0 rings (SSSR count). The van der Waals surface area contributed by atoms with Gasteiger partial charge in [-0.2, -0.15) is 0 Å². The van der Waals surface area contributed by atoms with E-state index in [1.165, 1.54) is 39.5 Å². The lowest BCUT2D eigenvalue weighted by Gasteiger charge is -1.86. The van der Waals surface area contributed by atoms with Gasteiger partial charge >= 0.3 is 0 Å². The predicted octanol–water partition coefficient (Wildman–Crippen LogP) is 3.18. The fraction of sp³-hybridized carbons (Fsp3) is 0.889. The second kappa shape index (κ2) is 11.5. The normalized spacial score (nSPS) is 8.00. The van der Waals surface area contributed by atoms with Gasteiger partial charge in [-0.05, 0) is 13.8 Å². The van der Waals surface area contributed by atoms with E-state index in [9.17, 15) is 4.79 Å². The molecule has 1 nitrogen and oxygen atoms in total. The van der Waals surface area contributed by atoms with Gasteiger partial charge in [-0.3, -0.25) is 0 Å². The van der Waals surface area contributed by atoms with Crippen molar-refractivity contribution >= 4 is 5.78 Å². The van der Waals surface area contributed by atoms with Crippen LogP contribution in [0, 0.1) is 0 Å². The number of rotatable bonds is 3. The van der Waals surface area contributed by atoms with Gasteiger partial charge in [0, 0.05) is 0 Å². The molecule has 62 valence electrons. The molecule has 10 heavy (non-hydrogen) atoms. The first-order chi connectivity index (χ1) is 4.65. The first-order valence-corrected chi connectivity index (χ1v) is 4.12. The van der Waals surface area contributed by atoms with Gasteiger partial charge in [0.15, 0.2) is 0 Å². The molecule has 0 saturated heterocycles. The van der Waals surface area contributed by atoms with Crippen LogP contribution in [-0.2, 0) is 4.79 Å². The van der Waals surface area contributed by atoms with Crippen molar-refractivity contribution in [3.8, 4) is 0 Å². The number of hydrogen-bond donors (Lipinski definition) is 0. The van der Waals surface area contributed by atoms with E-state index in [4.69, 9.17) is 0 Å². The molecule has 0 saturated carbocycles. The minimum atomic E-state index is 0.167. The molecule has 0 aromatic carbocycles. The van der Waals surface area contributed by atoms with Gasteiger partial charge in [0.25, 0.3) is 0 Å². The van der Waals surface area contributed by atoms with E-state index < -0.39 is 0 Å². The van der Waals surface area contributed by atoms with Crippen molar-refractivity contribution in [2.75, 3.05) is 0 Å². The summed E-state index contributed by atoms with van der Waals surface area (Å²) in [6.07, 6.45) is 5.54. The van der Waals surface area contributed by atoms with E-state index >= 15 is 0 Å². The average molecular weight is 144 g/mol.